The Morgan fingerprint density at radius 3 is 2.77 bits per heavy atom. The molecule has 0 aliphatic carbocycles. The molecular formula is C26H24N4. The minimum atomic E-state index is 0.112. The Labute approximate surface area is 175 Å². The lowest BCUT2D eigenvalue weighted by Gasteiger charge is -2.12. The maximum absolute atomic E-state index is 6.47. The highest BCUT2D eigenvalue weighted by atomic mass is 14.7. The van der Waals surface area contributed by atoms with Crippen molar-refractivity contribution in [2.24, 2.45) is 5.73 Å². The number of H-pyrrole nitrogens is 1. The van der Waals surface area contributed by atoms with E-state index in [0.717, 1.165) is 30.2 Å². The highest BCUT2D eigenvalue weighted by Gasteiger charge is 2.10. The Kier molecular flexibility index (Phi) is 4.99. The van der Waals surface area contributed by atoms with Crippen molar-refractivity contribution in [3.63, 3.8) is 0 Å². The van der Waals surface area contributed by atoms with Crippen molar-refractivity contribution in [2.75, 3.05) is 0 Å². The molecule has 1 atom stereocenters. The Morgan fingerprint density at radius 1 is 0.867 bits per heavy atom. The first-order valence-electron chi connectivity index (χ1n) is 10.3. The molecule has 0 saturated carbocycles. The Morgan fingerprint density at radius 2 is 1.80 bits per heavy atom. The maximum atomic E-state index is 6.47. The number of nitrogens with two attached hydrogens (primary N) is 1. The first-order valence-corrected chi connectivity index (χ1v) is 10.3. The van der Waals surface area contributed by atoms with Crippen molar-refractivity contribution in [1.29, 1.82) is 0 Å². The van der Waals surface area contributed by atoms with Gasteiger partial charge in [0, 0.05) is 58.9 Å². The molecule has 4 heteroatoms. The first-order chi connectivity index (χ1) is 14.8. The fourth-order valence-electron chi connectivity index (χ4n) is 4.08. The SMILES string of the molecule is N[C@H](CCc1cncc(-c2ccc3cnccc3c2)c1)Cc1c[nH]c2ccccc12. The van der Waals surface area contributed by atoms with Gasteiger partial charge < -0.3 is 10.7 Å². The third kappa shape index (κ3) is 3.82. The van der Waals surface area contributed by atoms with Gasteiger partial charge in [0.2, 0.25) is 0 Å². The highest BCUT2D eigenvalue weighted by Crippen LogP contribution is 2.25. The number of fused-ring (bicyclic) bond motifs is 2. The highest BCUT2D eigenvalue weighted by molar-refractivity contribution is 5.86. The number of aryl methyl sites for hydroxylation is 1. The molecule has 2 aromatic carbocycles. The number of hydrogen-bond acceptors (Lipinski definition) is 3. The first kappa shape index (κ1) is 18.5. The van der Waals surface area contributed by atoms with Crippen LogP contribution >= 0.6 is 0 Å². The van der Waals surface area contributed by atoms with Crippen LogP contribution in [0.2, 0.25) is 0 Å². The molecular weight excluding hydrogens is 368 g/mol. The molecule has 5 rings (SSSR count). The van der Waals surface area contributed by atoms with E-state index in [9.17, 15) is 0 Å². The number of aromatic amines is 1. The Bertz CT molecular complexity index is 1300. The van der Waals surface area contributed by atoms with Crippen molar-refractivity contribution < 1.29 is 0 Å². The van der Waals surface area contributed by atoms with Crippen molar-refractivity contribution in [1.82, 2.24) is 15.0 Å². The minimum absolute atomic E-state index is 0.112. The zero-order valence-electron chi connectivity index (χ0n) is 16.8. The summed E-state index contributed by atoms with van der Waals surface area (Å²) in [5, 5.41) is 3.60. The number of pyridine rings is 2. The zero-order chi connectivity index (χ0) is 20.3. The van der Waals surface area contributed by atoms with Crippen molar-refractivity contribution in [3.8, 4) is 11.1 Å². The summed E-state index contributed by atoms with van der Waals surface area (Å²) in [7, 11) is 0. The van der Waals surface area contributed by atoms with Gasteiger partial charge in [-0.15, -0.1) is 0 Å². The molecule has 0 bridgehead atoms. The number of hydrogen-bond donors (Lipinski definition) is 2. The molecule has 5 aromatic rings. The van der Waals surface area contributed by atoms with E-state index in [4.69, 9.17) is 5.73 Å². The molecule has 4 nitrogen and oxygen atoms in total. The van der Waals surface area contributed by atoms with Gasteiger partial charge in [0.05, 0.1) is 0 Å². The zero-order valence-corrected chi connectivity index (χ0v) is 16.8. The normalized spacial score (nSPS) is 12.4. The van der Waals surface area contributed by atoms with E-state index in [0.29, 0.717) is 0 Å². The van der Waals surface area contributed by atoms with Gasteiger partial charge in [0.25, 0.3) is 0 Å². The standard InChI is InChI=1S/C26H24N4/c27-24(13-23-17-30-26-4-2-1-3-25(23)26)8-5-18-11-22(16-29-14-18)19-6-7-21-15-28-10-9-20(21)12-19/h1-4,6-7,9-12,14-17,24,30H,5,8,13,27H2/t24-/m1/s1. The number of benzene rings is 2. The molecule has 0 aliphatic heterocycles. The molecule has 0 fully saturated rings. The topological polar surface area (TPSA) is 67.6 Å². The lowest BCUT2D eigenvalue weighted by Crippen LogP contribution is -2.23. The van der Waals surface area contributed by atoms with E-state index in [1.165, 1.54) is 33.0 Å². The number of nitrogens with one attached hydrogen (secondary N) is 1. The molecule has 0 unspecified atom stereocenters. The maximum Gasteiger partial charge on any atom is 0.0456 e. The molecule has 0 radical (unpaired) electrons. The third-order valence-electron chi connectivity index (χ3n) is 5.73. The summed E-state index contributed by atoms with van der Waals surface area (Å²) in [4.78, 5) is 12.0. The van der Waals surface area contributed by atoms with Crippen molar-refractivity contribution in [2.45, 2.75) is 25.3 Å². The van der Waals surface area contributed by atoms with Gasteiger partial charge in [-0.05, 0) is 65.6 Å². The minimum Gasteiger partial charge on any atom is -0.361 e. The van der Waals surface area contributed by atoms with Gasteiger partial charge in [-0.3, -0.25) is 9.97 Å². The quantitative estimate of drug-likeness (QED) is 0.413. The summed E-state index contributed by atoms with van der Waals surface area (Å²) in [6.07, 6.45) is 12.4. The lowest BCUT2D eigenvalue weighted by atomic mass is 9.98. The lowest BCUT2D eigenvalue weighted by molar-refractivity contribution is 0.611. The summed E-state index contributed by atoms with van der Waals surface area (Å²) in [5.74, 6) is 0. The summed E-state index contributed by atoms with van der Waals surface area (Å²) < 4.78 is 0. The molecule has 30 heavy (non-hydrogen) atoms. The van der Waals surface area contributed by atoms with Crippen LogP contribution in [0, 0.1) is 0 Å². The van der Waals surface area contributed by atoms with E-state index in [2.05, 4.69) is 69.7 Å². The van der Waals surface area contributed by atoms with Crippen LogP contribution in [0.5, 0.6) is 0 Å². The number of para-hydroxylation sites is 1. The van der Waals surface area contributed by atoms with Gasteiger partial charge in [0.1, 0.15) is 0 Å². The summed E-state index contributed by atoms with van der Waals surface area (Å²) >= 11 is 0. The predicted molar refractivity (Wildman–Crippen MR) is 123 cm³/mol. The van der Waals surface area contributed by atoms with E-state index in [-0.39, 0.29) is 6.04 Å². The van der Waals surface area contributed by atoms with Gasteiger partial charge in [-0.2, -0.15) is 0 Å². The second kappa shape index (κ2) is 8.09. The Balaban J connectivity index is 1.28. The van der Waals surface area contributed by atoms with E-state index < -0.39 is 0 Å². The van der Waals surface area contributed by atoms with Crippen molar-refractivity contribution >= 4 is 21.7 Å². The van der Waals surface area contributed by atoms with Gasteiger partial charge in [0.15, 0.2) is 0 Å². The largest absolute Gasteiger partial charge is 0.361 e. The van der Waals surface area contributed by atoms with Crippen LogP contribution in [0.4, 0.5) is 0 Å². The van der Waals surface area contributed by atoms with E-state index >= 15 is 0 Å². The Hall–Kier alpha value is -3.50. The molecule has 0 amide bonds. The third-order valence-corrected chi connectivity index (χ3v) is 5.73. The number of rotatable bonds is 6. The fraction of sp³-hybridized carbons (Fsp3) is 0.154. The van der Waals surface area contributed by atoms with Gasteiger partial charge >= 0.3 is 0 Å². The number of nitrogens with zero attached hydrogens (tertiary/aromatic N) is 2. The average Bonchev–Trinajstić information content (AvgIpc) is 3.20. The predicted octanol–water partition coefficient (Wildman–Crippen LogP) is 5.28. The molecule has 3 heterocycles. The van der Waals surface area contributed by atoms with E-state index in [1.807, 2.05) is 30.9 Å². The smallest absolute Gasteiger partial charge is 0.0456 e. The van der Waals surface area contributed by atoms with Crippen LogP contribution in [-0.4, -0.2) is 21.0 Å². The summed E-state index contributed by atoms with van der Waals surface area (Å²) in [5.41, 5.74) is 12.5. The second-order valence-electron chi connectivity index (χ2n) is 7.88. The molecule has 0 spiro atoms. The van der Waals surface area contributed by atoms with E-state index in [1.54, 1.807) is 0 Å². The summed E-state index contributed by atoms with van der Waals surface area (Å²) in [6.45, 7) is 0. The summed E-state index contributed by atoms with van der Waals surface area (Å²) in [6, 6.07) is 19.2. The van der Waals surface area contributed by atoms with Crippen LogP contribution in [0.1, 0.15) is 17.5 Å². The van der Waals surface area contributed by atoms with Gasteiger partial charge in [-0.25, -0.2) is 0 Å². The molecule has 0 saturated heterocycles. The van der Waals surface area contributed by atoms with Crippen LogP contribution in [0.3, 0.4) is 0 Å². The van der Waals surface area contributed by atoms with Gasteiger partial charge in [-0.1, -0.05) is 30.3 Å². The fourth-order valence-corrected chi connectivity index (χ4v) is 4.08. The molecule has 0 aliphatic rings. The van der Waals surface area contributed by atoms with Crippen LogP contribution in [-0.2, 0) is 12.8 Å². The monoisotopic (exact) mass is 392 g/mol. The van der Waals surface area contributed by atoms with Crippen LogP contribution in [0.25, 0.3) is 32.8 Å². The molecule has 3 aromatic heterocycles. The molecule has 148 valence electrons. The second-order valence-corrected chi connectivity index (χ2v) is 7.88. The van der Waals surface area contributed by atoms with Crippen LogP contribution in [0.15, 0.2) is 85.6 Å². The average molecular weight is 393 g/mol. The number of aromatic nitrogens is 3. The van der Waals surface area contributed by atoms with Crippen molar-refractivity contribution in [3.05, 3.63) is 96.7 Å². The molecule has 3 N–H and O–H groups in total. The van der Waals surface area contributed by atoms with Crippen LogP contribution < -0.4 is 5.73 Å².